The van der Waals surface area contributed by atoms with E-state index in [2.05, 4.69) is 30.0 Å². The molecule has 3 heterocycles. The second kappa shape index (κ2) is 9.23. The summed E-state index contributed by atoms with van der Waals surface area (Å²) in [6, 6.07) is 16.0. The summed E-state index contributed by atoms with van der Waals surface area (Å²) in [7, 11) is 0. The van der Waals surface area contributed by atoms with Crippen LogP contribution in [0.4, 0.5) is 0 Å². The van der Waals surface area contributed by atoms with Crippen LogP contribution >= 0.6 is 11.3 Å². The minimum Gasteiger partial charge on any atom is -0.493 e. The summed E-state index contributed by atoms with van der Waals surface area (Å²) in [5.41, 5.74) is 4.41. The first-order chi connectivity index (χ1) is 16.5. The Morgan fingerprint density at radius 1 is 1.15 bits per heavy atom. The van der Waals surface area contributed by atoms with Crippen molar-refractivity contribution < 1.29 is 4.74 Å². The maximum Gasteiger partial charge on any atom is 0.291 e. The summed E-state index contributed by atoms with van der Waals surface area (Å²) in [6.07, 6.45) is 6.22. The van der Waals surface area contributed by atoms with Crippen LogP contribution in [0.5, 0.6) is 5.75 Å². The third kappa shape index (κ3) is 4.36. The number of rotatable bonds is 7. The second-order valence-corrected chi connectivity index (χ2v) is 9.60. The maximum atomic E-state index is 12.8. The highest BCUT2D eigenvalue weighted by molar-refractivity contribution is 7.15. The second-order valence-electron chi connectivity index (χ2n) is 8.59. The van der Waals surface area contributed by atoms with Crippen molar-refractivity contribution in [2.45, 2.75) is 27.2 Å². The molecule has 8 heteroatoms. The zero-order valence-electron chi connectivity index (χ0n) is 19.3. The predicted molar refractivity (Wildman–Crippen MR) is 135 cm³/mol. The largest absolute Gasteiger partial charge is 0.493 e. The number of ether oxygens (including phenoxy) is 1. The molecule has 0 spiro atoms. The van der Waals surface area contributed by atoms with E-state index in [4.69, 9.17) is 9.84 Å². The first-order valence-corrected chi connectivity index (χ1v) is 12.0. The van der Waals surface area contributed by atoms with Gasteiger partial charge in [0.2, 0.25) is 4.96 Å². The highest BCUT2D eigenvalue weighted by atomic mass is 32.1. The van der Waals surface area contributed by atoms with E-state index in [1.807, 2.05) is 66.3 Å². The molecule has 0 unspecified atom stereocenters. The van der Waals surface area contributed by atoms with E-state index in [0.29, 0.717) is 22.0 Å². The van der Waals surface area contributed by atoms with Gasteiger partial charge in [0.05, 0.1) is 16.8 Å². The monoisotopic (exact) mass is 471 g/mol. The van der Waals surface area contributed by atoms with Crippen molar-refractivity contribution >= 4 is 22.4 Å². The van der Waals surface area contributed by atoms with Gasteiger partial charge in [0.1, 0.15) is 17.8 Å². The van der Waals surface area contributed by atoms with E-state index in [0.717, 1.165) is 40.2 Å². The van der Waals surface area contributed by atoms with Crippen molar-refractivity contribution in [1.82, 2.24) is 24.4 Å². The Balaban J connectivity index is 1.58. The van der Waals surface area contributed by atoms with Crippen molar-refractivity contribution in [3.63, 3.8) is 0 Å². The van der Waals surface area contributed by atoms with Gasteiger partial charge in [-0.2, -0.15) is 14.7 Å². The third-order valence-electron chi connectivity index (χ3n) is 5.57. The fourth-order valence-corrected chi connectivity index (χ4v) is 4.58. The minimum absolute atomic E-state index is 0.180. The molecule has 0 aliphatic rings. The molecule has 0 saturated carbocycles. The molecule has 0 aliphatic carbocycles. The molecule has 0 N–H and O–H groups in total. The zero-order valence-corrected chi connectivity index (χ0v) is 20.1. The molecule has 0 saturated heterocycles. The van der Waals surface area contributed by atoms with Crippen LogP contribution in [0.3, 0.4) is 0 Å². The van der Waals surface area contributed by atoms with Crippen molar-refractivity contribution in [2.24, 2.45) is 5.92 Å². The standard InChI is InChI=1S/C26H25N5O2S/c1-17(2)11-12-33-22-10-9-19(13-18(22)3)24-20(15-30(29-24)21-7-5-4-6-8-21)14-23-25(32)31-26(34-23)27-16-28-31/h4-10,13-17H,11-12H2,1-3H3/b23-14-. The highest BCUT2D eigenvalue weighted by Gasteiger charge is 2.14. The van der Waals surface area contributed by atoms with Crippen LogP contribution in [-0.4, -0.2) is 31.0 Å². The van der Waals surface area contributed by atoms with Gasteiger partial charge in [0.25, 0.3) is 5.56 Å². The van der Waals surface area contributed by atoms with Crippen molar-refractivity contribution in [3.05, 3.63) is 87.1 Å². The van der Waals surface area contributed by atoms with Crippen molar-refractivity contribution in [2.75, 3.05) is 6.61 Å². The number of aromatic nitrogens is 5. The van der Waals surface area contributed by atoms with E-state index >= 15 is 0 Å². The molecule has 0 radical (unpaired) electrons. The van der Waals surface area contributed by atoms with E-state index in [1.54, 1.807) is 0 Å². The summed E-state index contributed by atoms with van der Waals surface area (Å²) >= 11 is 1.32. The van der Waals surface area contributed by atoms with Crippen LogP contribution in [0.2, 0.25) is 0 Å². The van der Waals surface area contributed by atoms with E-state index in [-0.39, 0.29) is 5.56 Å². The first kappa shape index (κ1) is 22.0. The quantitative estimate of drug-likeness (QED) is 0.354. The molecule has 172 valence electrons. The lowest BCUT2D eigenvalue weighted by molar-refractivity contribution is 0.288. The van der Waals surface area contributed by atoms with Crippen molar-refractivity contribution in [1.29, 1.82) is 0 Å². The summed E-state index contributed by atoms with van der Waals surface area (Å²) in [6.45, 7) is 7.12. The average Bonchev–Trinajstić information content (AvgIpc) is 3.53. The van der Waals surface area contributed by atoms with Gasteiger partial charge >= 0.3 is 0 Å². The molecule has 0 atom stereocenters. The molecular weight excluding hydrogens is 446 g/mol. The molecule has 7 nitrogen and oxygen atoms in total. The van der Waals surface area contributed by atoms with Gasteiger partial charge in [-0.1, -0.05) is 43.4 Å². The zero-order chi connectivity index (χ0) is 23.7. The number of para-hydroxylation sites is 1. The van der Waals surface area contributed by atoms with E-state index in [1.165, 1.54) is 22.2 Å². The molecule has 0 amide bonds. The smallest absolute Gasteiger partial charge is 0.291 e. The highest BCUT2D eigenvalue weighted by Crippen LogP contribution is 2.29. The van der Waals surface area contributed by atoms with Gasteiger partial charge < -0.3 is 4.74 Å². The molecule has 3 aromatic heterocycles. The maximum absolute atomic E-state index is 12.8. The predicted octanol–water partition coefficient (Wildman–Crippen LogP) is 4.28. The number of thiazole rings is 1. The molecule has 0 fully saturated rings. The van der Waals surface area contributed by atoms with Gasteiger partial charge in [-0.3, -0.25) is 4.79 Å². The fourth-order valence-electron chi connectivity index (χ4n) is 3.71. The third-order valence-corrected chi connectivity index (χ3v) is 6.55. The van der Waals surface area contributed by atoms with Crippen LogP contribution in [0.1, 0.15) is 31.4 Å². The van der Waals surface area contributed by atoms with Crippen LogP contribution in [0, 0.1) is 12.8 Å². The molecule has 2 aromatic carbocycles. The van der Waals surface area contributed by atoms with Crippen LogP contribution in [0.15, 0.2) is 65.8 Å². The molecule has 0 bridgehead atoms. The molecular formula is C26H25N5O2S. The number of fused-ring (bicyclic) bond motifs is 1. The number of aryl methyl sites for hydroxylation is 1. The Labute approximate surface area is 201 Å². The SMILES string of the molecule is Cc1cc(-c2nn(-c3ccccc3)cc2/C=c2\sc3ncnn3c2=O)ccc1OCCC(C)C. The molecule has 0 aliphatic heterocycles. The summed E-state index contributed by atoms with van der Waals surface area (Å²) in [4.78, 5) is 17.5. The Morgan fingerprint density at radius 3 is 2.71 bits per heavy atom. The van der Waals surface area contributed by atoms with Gasteiger partial charge in [0, 0.05) is 17.3 Å². The van der Waals surface area contributed by atoms with Gasteiger partial charge in [-0.25, -0.2) is 9.67 Å². The van der Waals surface area contributed by atoms with Crippen LogP contribution in [-0.2, 0) is 0 Å². The Kier molecular flexibility index (Phi) is 5.98. The first-order valence-electron chi connectivity index (χ1n) is 11.2. The molecule has 34 heavy (non-hydrogen) atoms. The van der Waals surface area contributed by atoms with Crippen LogP contribution < -0.4 is 14.8 Å². The summed E-state index contributed by atoms with van der Waals surface area (Å²) < 4.78 is 9.72. The number of benzene rings is 2. The number of nitrogens with zero attached hydrogens (tertiary/aromatic N) is 5. The Bertz CT molecular complexity index is 1550. The Hall–Kier alpha value is -3.78. The lowest BCUT2D eigenvalue weighted by Gasteiger charge is -2.11. The molecule has 5 rings (SSSR count). The van der Waals surface area contributed by atoms with Gasteiger partial charge in [0.15, 0.2) is 0 Å². The lowest BCUT2D eigenvalue weighted by Crippen LogP contribution is -2.23. The van der Waals surface area contributed by atoms with Crippen molar-refractivity contribution in [3.8, 4) is 22.7 Å². The topological polar surface area (TPSA) is 74.3 Å². The summed E-state index contributed by atoms with van der Waals surface area (Å²) in [5.74, 6) is 1.48. The summed E-state index contributed by atoms with van der Waals surface area (Å²) in [5, 5.41) is 8.90. The molecule has 5 aromatic rings. The van der Waals surface area contributed by atoms with Gasteiger partial charge in [-0.05, 0) is 61.2 Å². The van der Waals surface area contributed by atoms with Crippen LogP contribution in [0.25, 0.3) is 28.0 Å². The minimum atomic E-state index is -0.180. The van der Waals surface area contributed by atoms with E-state index in [9.17, 15) is 4.79 Å². The lowest BCUT2D eigenvalue weighted by atomic mass is 10.0. The number of hydrogen-bond donors (Lipinski definition) is 0. The normalized spacial score (nSPS) is 12.2. The number of hydrogen-bond acceptors (Lipinski definition) is 6. The van der Waals surface area contributed by atoms with E-state index < -0.39 is 0 Å². The average molecular weight is 472 g/mol. The fraction of sp³-hybridized carbons (Fsp3) is 0.231. The van der Waals surface area contributed by atoms with Gasteiger partial charge in [-0.15, -0.1) is 0 Å². The Morgan fingerprint density at radius 2 is 1.97 bits per heavy atom.